The maximum absolute atomic E-state index is 11.7. The number of halogens is 1. The maximum Gasteiger partial charge on any atom is 0.257 e. The minimum absolute atomic E-state index is 0.0340. The number of methoxy groups -OCH3 is 1. The monoisotopic (exact) mass is 365 g/mol. The van der Waals surface area contributed by atoms with Crippen LogP contribution >= 0.6 is 15.9 Å². The van der Waals surface area contributed by atoms with Crippen molar-refractivity contribution in [2.45, 2.75) is 12.8 Å². The molecule has 0 fully saturated rings. The Bertz CT molecular complexity index is 630. The first-order valence-corrected chi connectivity index (χ1v) is 8.06. The van der Waals surface area contributed by atoms with E-state index < -0.39 is 0 Å². The van der Waals surface area contributed by atoms with Crippen molar-refractivity contribution in [1.82, 2.24) is 5.32 Å². The molecule has 1 N–H and O–H groups in total. The van der Waals surface area contributed by atoms with Crippen molar-refractivity contribution < 1.29 is 14.3 Å². The zero-order valence-electron chi connectivity index (χ0n) is 12.6. The number of carbonyl (C=O) groups is 1. The fraction of sp³-hybridized carbons (Fsp3) is 0.353. The van der Waals surface area contributed by atoms with Crippen LogP contribution in [0.15, 0.2) is 40.9 Å². The summed E-state index contributed by atoms with van der Waals surface area (Å²) in [6.07, 6.45) is 1.85. The first kappa shape index (κ1) is 16.8. The molecule has 0 radical (unpaired) electrons. The number of benzene rings is 2. The molecule has 2 aromatic carbocycles. The third-order valence-corrected chi connectivity index (χ3v) is 3.73. The number of carbonyl (C=O) groups excluding carboxylic acids is 1. The number of rotatable bonds is 8. The van der Waals surface area contributed by atoms with Crippen LogP contribution in [0.2, 0.25) is 0 Å². The number of unbranched alkanes of at least 4 members (excludes halogenated alkanes) is 1. The zero-order chi connectivity index (χ0) is 15.8. The van der Waals surface area contributed by atoms with Gasteiger partial charge in [0.25, 0.3) is 5.91 Å². The Balaban J connectivity index is 1.79. The summed E-state index contributed by atoms with van der Waals surface area (Å²) in [6, 6.07) is 11.8. The molecule has 0 aromatic heterocycles. The topological polar surface area (TPSA) is 47.6 Å². The summed E-state index contributed by atoms with van der Waals surface area (Å²) in [4.78, 5) is 11.7. The molecule has 0 bridgehead atoms. The van der Waals surface area contributed by atoms with Gasteiger partial charge in [-0.25, -0.2) is 0 Å². The van der Waals surface area contributed by atoms with Gasteiger partial charge in [0.05, 0.1) is 0 Å². The highest BCUT2D eigenvalue weighted by Crippen LogP contribution is 2.24. The molecule has 0 unspecified atom stereocenters. The molecule has 0 atom stereocenters. The van der Waals surface area contributed by atoms with Gasteiger partial charge in [0.2, 0.25) is 0 Å². The first-order chi connectivity index (χ1) is 10.7. The summed E-state index contributed by atoms with van der Waals surface area (Å²) in [5, 5.41) is 5.04. The minimum atomic E-state index is -0.103. The molecule has 2 aromatic rings. The summed E-state index contributed by atoms with van der Waals surface area (Å²) >= 11 is 3.45. The largest absolute Gasteiger partial charge is 0.484 e. The van der Waals surface area contributed by atoms with E-state index in [1.54, 1.807) is 7.11 Å². The van der Waals surface area contributed by atoms with Gasteiger partial charge in [-0.05, 0) is 47.9 Å². The van der Waals surface area contributed by atoms with Gasteiger partial charge in [0.15, 0.2) is 6.61 Å². The third kappa shape index (κ3) is 5.31. The fourth-order valence-electron chi connectivity index (χ4n) is 2.08. The second-order valence-electron chi connectivity index (χ2n) is 4.99. The van der Waals surface area contributed by atoms with E-state index in [0.717, 1.165) is 34.7 Å². The van der Waals surface area contributed by atoms with Crippen molar-refractivity contribution in [3.05, 3.63) is 40.9 Å². The van der Waals surface area contributed by atoms with Crippen LogP contribution in [0.25, 0.3) is 10.8 Å². The number of hydrogen-bond acceptors (Lipinski definition) is 3. The van der Waals surface area contributed by atoms with Crippen molar-refractivity contribution in [3.8, 4) is 5.75 Å². The van der Waals surface area contributed by atoms with Crippen molar-refractivity contribution in [3.63, 3.8) is 0 Å². The quantitative estimate of drug-likeness (QED) is 0.728. The van der Waals surface area contributed by atoms with E-state index in [-0.39, 0.29) is 12.5 Å². The Hall–Kier alpha value is -1.59. The number of hydrogen-bond donors (Lipinski definition) is 1. The molecule has 0 heterocycles. The second kappa shape index (κ2) is 8.76. The smallest absolute Gasteiger partial charge is 0.257 e. The fourth-order valence-corrected chi connectivity index (χ4v) is 2.46. The summed E-state index contributed by atoms with van der Waals surface area (Å²) in [7, 11) is 1.68. The van der Waals surface area contributed by atoms with Gasteiger partial charge >= 0.3 is 0 Å². The van der Waals surface area contributed by atoms with Crippen LogP contribution in [-0.2, 0) is 9.53 Å². The van der Waals surface area contributed by atoms with Crippen LogP contribution in [0.1, 0.15) is 12.8 Å². The van der Waals surface area contributed by atoms with Crippen molar-refractivity contribution >= 4 is 32.6 Å². The summed E-state index contributed by atoms with van der Waals surface area (Å²) in [5.41, 5.74) is 0. The lowest BCUT2D eigenvalue weighted by Gasteiger charge is -2.08. The Morgan fingerprint density at radius 2 is 1.91 bits per heavy atom. The lowest BCUT2D eigenvalue weighted by Crippen LogP contribution is -2.29. The zero-order valence-corrected chi connectivity index (χ0v) is 14.2. The van der Waals surface area contributed by atoms with Gasteiger partial charge in [-0.2, -0.15) is 0 Å². The molecule has 0 aliphatic carbocycles. The Labute approximate surface area is 138 Å². The molecular weight excluding hydrogens is 346 g/mol. The molecular formula is C17H20BrNO3. The number of ether oxygens (including phenoxy) is 2. The van der Waals surface area contributed by atoms with Crippen LogP contribution < -0.4 is 10.1 Å². The lowest BCUT2D eigenvalue weighted by atomic mass is 10.1. The first-order valence-electron chi connectivity index (χ1n) is 7.27. The summed E-state index contributed by atoms with van der Waals surface area (Å²) < 4.78 is 11.5. The average molecular weight is 366 g/mol. The van der Waals surface area contributed by atoms with Crippen LogP contribution in [0.3, 0.4) is 0 Å². The van der Waals surface area contributed by atoms with Gasteiger partial charge in [0, 0.05) is 24.7 Å². The molecule has 0 aliphatic rings. The van der Waals surface area contributed by atoms with E-state index in [1.165, 1.54) is 0 Å². The van der Waals surface area contributed by atoms with Gasteiger partial charge in [-0.15, -0.1) is 0 Å². The number of amides is 1. The highest BCUT2D eigenvalue weighted by Gasteiger charge is 2.03. The van der Waals surface area contributed by atoms with Gasteiger partial charge < -0.3 is 14.8 Å². The average Bonchev–Trinajstić information content (AvgIpc) is 2.52. The SMILES string of the molecule is COCCCCNC(=O)COc1ccc2cc(Br)ccc2c1. The van der Waals surface area contributed by atoms with E-state index in [0.29, 0.717) is 12.3 Å². The van der Waals surface area contributed by atoms with Crippen LogP contribution in [-0.4, -0.2) is 32.8 Å². The van der Waals surface area contributed by atoms with Gasteiger partial charge in [0.1, 0.15) is 5.75 Å². The summed E-state index contributed by atoms with van der Waals surface area (Å²) in [5.74, 6) is 0.595. The van der Waals surface area contributed by atoms with E-state index in [1.807, 2.05) is 36.4 Å². The molecule has 22 heavy (non-hydrogen) atoms. The van der Waals surface area contributed by atoms with Crippen molar-refractivity contribution in [1.29, 1.82) is 0 Å². The molecule has 2 rings (SSSR count). The minimum Gasteiger partial charge on any atom is -0.484 e. The molecule has 4 nitrogen and oxygen atoms in total. The molecule has 1 amide bonds. The standard InChI is InChI=1S/C17H20BrNO3/c1-21-9-3-2-8-19-17(20)12-22-16-7-5-13-10-15(18)6-4-14(13)11-16/h4-7,10-11H,2-3,8-9,12H2,1H3,(H,19,20). The Morgan fingerprint density at radius 1 is 1.14 bits per heavy atom. The highest BCUT2D eigenvalue weighted by atomic mass is 79.9. The van der Waals surface area contributed by atoms with Gasteiger partial charge in [-0.1, -0.05) is 28.1 Å². The van der Waals surface area contributed by atoms with E-state index in [9.17, 15) is 4.79 Å². The normalized spacial score (nSPS) is 10.6. The highest BCUT2D eigenvalue weighted by molar-refractivity contribution is 9.10. The lowest BCUT2D eigenvalue weighted by molar-refractivity contribution is -0.123. The van der Waals surface area contributed by atoms with Crippen molar-refractivity contribution in [2.24, 2.45) is 0 Å². The number of nitrogens with one attached hydrogen (secondary N) is 1. The van der Waals surface area contributed by atoms with E-state index in [4.69, 9.17) is 9.47 Å². The molecule has 0 spiro atoms. The molecule has 0 aliphatic heterocycles. The summed E-state index contributed by atoms with van der Waals surface area (Å²) in [6.45, 7) is 1.41. The van der Waals surface area contributed by atoms with Crippen molar-refractivity contribution in [2.75, 3.05) is 26.9 Å². The second-order valence-corrected chi connectivity index (χ2v) is 5.91. The van der Waals surface area contributed by atoms with Gasteiger partial charge in [-0.3, -0.25) is 4.79 Å². The van der Waals surface area contributed by atoms with E-state index >= 15 is 0 Å². The molecule has 5 heteroatoms. The van der Waals surface area contributed by atoms with Crippen LogP contribution in [0, 0.1) is 0 Å². The Morgan fingerprint density at radius 3 is 2.73 bits per heavy atom. The third-order valence-electron chi connectivity index (χ3n) is 3.24. The molecule has 0 saturated heterocycles. The Kier molecular flexibility index (Phi) is 6.68. The van der Waals surface area contributed by atoms with Crippen LogP contribution in [0.4, 0.5) is 0 Å². The predicted octanol–water partition coefficient (Wildman–Crippen LogP) is 3.52. The number of fused-ring (bicyclic) bond motifs is 1. The predicted molar refractivity (Wildman–Crippen MR) is 91.3 cm³/mol. The molecule has 118 valence electrons. The molecule has 0 saturated carbocycles. The maximum atomic E-state index is 11.7. The van der Waals surface area contributed by atoms with Crippen LogP contribution in [0.5, 0.6) is 5.75 Å². The van der Waals surface area contributed by atoms with E-state index in [2.05, 4.69) is 21.2 Å².